The molecule has 0 fully saturated rings. The smallest absolute Gasteiger partial charge is 0.0795 e. The van der Waals surface area contributed by atoms with Gasteiger partial charge in [-0.15, -0.1) is 0 Å². The number of hydrogen-bond acceptors (Lipinski definition) is 0. The van der Waals surface area contributed by atoms with Gasteiger partial charge in [0.25, 0.3) is 0 Å². The normalized spacial score (nSPS) is 13.2. The molecule has 0 radical (unpaired) electrons. The lowest BCUT2D eigenvalue weighted by atomic mass is 9.82. The van der Waals surface area contributed by atoms with Gasteiger partial charge < -0.3 is 9.13 Å². The summed E-state index contributed by atoms with van der Waals surface area (Å²) in [4.78, 5) is 0. The van der Waals surface area contributed by atoms with Crippen molar-refractivity contribution < 1.29 is 0 Å². The molecule has 2 heterocycles. The lowest BCUT2D eigenvalue weighted by Crippen LogP contribution is -2.14. The average molecular weight is 727 g/mol. The van der Waals surface area contributed by atoms with E-state index in [2.05, 4.69) is 217 Å². The molecule has 0 saturated heterocycles. The van der Waals surface area contributed by atoms with E-state index in [4.69, 9.17) is 0 Å². The minimum absolute atomic E-state index is 0.0601. The Labute approximate surface area is 331 Å². The summed E-state index contributed by atoms with van der Waals surface area (Å²) in [5, 5.41) is 7.48. The van der Waals surface area contributed by atoms with E-state index >= 15 is 0 Å². The highest BCUT2D eigenvalue weighted by Gasteiger charge is 2.35. The summed E-state index contributed by atoms with van der Waals surface area (Å²) in [5.41, 5.74) is 17.4. The van der Waals surface area contributed by atoms with Gasteiger partial charge in [0.2, 0.25) is 0 Å². The molecule has 2 heteroatoms. The third-order valence-electron chi connectivity index (χ3n) is 12.7. The van der Waals surface area contributed by atoms with Crippen LogP contribution in [-0.2, 0) is 5.41 Å². The average Bonchev–Trinajstić information content (AvgIpc) is 3.87. The standard InChI is InChI=1S/C55H38N2/c1-55(2)48-23-13-11-21-42(48)46-33-38(28-32-49(46)55)45-34-47-43-22-12-14-24-50(43)56(40-29-25-36(26-30-40)35-15-5-3-6-16-35)53(47)54-51(45)44-31-27-37-17-9-10-20-41(37)52(44)57(54)39-18-7-4-8-19-39/h3-34H,1-2H3. The molecule has 2 aromatic heterocycles. The summed E-state index contributed by atoms with van der Waals surface area (Å²) < 4.78 is 5.06. The molecule has 0 N–H and O–H groups in total. The van der Waals surface area contributed by atoms with Crippen LogP contribution >= 0.6 is 0 Å². The largest absolute Gasteiger partial charge is 0.307 e. The molecule has 0 amide bonds. The molecule has 0 spiro atoms. The summed E-state index contributed by atoms with van der Waals surface area (Å²) in [5.74, 6) is 0. The Morgan fingerprint density at radius 2 is 0.982 bits per heavy atom. The first-order valence-corrected chi connectivity index (χ1v) is 19.9. The first-order chi connectivity index (χ1) is 28.1. The fourth-order valence-corrected chi connectivity index (χ4v) is 10.1. The van der Waals surface area contributed by atoms with Crippen LogP contribution < -0.4 is 0 Å². The van der Waals surface area contributed by atoms with Gasteiger partial charge in [-0.05, 0) is 92.4 Å². The van der Waals surface area contributed by atoms with E-state index in [0.29, 0.717) is 0 Å². The number of fused-ring (bicyclic) bond motifs is 12. The molecule has 1 aliphatic rings. The predicted molar refractivity (Wildman–Crippen MR) is 241 cm³/mol. The maximum Gasteiger partial charge on any atom is 0.0795 e. The SMILES string of the molecule is CC1(C)c2ccccc2-c2cc(-c3cc4c5ccccc5n(-c5ccc(-c6ccccc6)cc5)c4c4c3c3ccc5ccccc5c3n4-c3ccccc3)ccc21. The molecule has 57 heavy (non-hydrogen) atoms. The van der Waals surface area contributed by atoms with Crippen molar-refractivity contribution in [2.24, 2.45) is 0 Å². The zero-order chi connectivity index (χ0) is 37.8. The van der Waals surface area contributed by atoms with Crippen molar-refractivity contribution in [3.63, 3.8) is 0 Å². The van der Waals surface area contributed by atoms with E-state index in [0.717, 1.165) is 11.4 Å². The van der Waals surface area contributed by atoms with Crippen molar-refractivity contribution in [3.05, 3.63) is 205 Å². The molecular weight excluding hydrogens is 689 g/mol. The van der Waals surface area contributed by atoms with E-state index in [-0.39, 0.29) is 5.41 Å². The van der Waals surface area contributed by atoms with Crippen molar-refractivity contribution >= 4 is 54.4 Å². The van der Waals surface area contributed by atoms with Crippen LogP contribution in [0.15, 0.2) is 194 Å². The highest BCUT2D eigenvalue weighted by molar-refractivity contribution is 6.30. The molecule has 268 valence electrons. The molecule has 0 aliphatic heterocycles. The Morgan fingerprint density at radius 1 is 0.351 bits per heavy atom. The summed E-state index contributed by atoms with van der Waals surface area (Å²) in [6.07, 6.45) is 0. The lowest BCUT2D eigenvalue weighted by molar-refractivity contribution is 0.660. The van der Waals surface area contributed by atoms with Crippen molar-refractivity contribution in [2.75, 3.05) is 0 Å². The van der Waals surface area contributed by atoms with E-state index in [9.17, 15) is 0 Å². The maximum atomic E-state index is 2.55. The molecular formula is C55H38N2. The van der Waals surface area contributed by atoms with Gasteiger partial charge in [-0.2, -0.15) is 0 Å². The number of nitrogens with zero attached hydrogens (tertiary/aromatic N) is 2. The molecule has 0 unspecified atom stereocenters. The summed E-state index contributed by atoms with van der Waals surface area (Å²) >= 11 is 0. The maximum absolute atomic E-state index is 2.55. The summed E-state index contributed by atoms with van der Waals surface area (Å²) in [6, 6.07) is 71.9. The fourth-order valence-electron chi connectivity index (χ4n) is 10.1. The summed E-state index contributed by atoms with van der Waals surface area (Å²) in [7, 11) is 0. The highest BCUT2D eigenvalue weighted by atomic mass is 15.0. The van der Waals surface area contributed by atoms with Crippen LogP contribution in [0.25, 0.3) is 99.1 Å². The Hall–Kier alpha value is -7.16. The number of hydrogen-bond donors (Lipinski definition) is 0. The van der Waals surface area contributed by atoms with Crippen LogP contribution in [0.1, 0.15) is 25.0 Å². The molecule has 2 nitrogen and oxygen atoms in total. The number of aromatic nitrogens is 2. The van der Waals surface area contributed by atoms with E-state index in [1.165, 1.54) is 98.9 Å². The van der Waals surface area contributed by atoms with Crippen molar-refractivity contribution in [3.8, 4) is 44.8 Å². The quantitative estimate of drug-likeness (QED) is 0.171. The second-order valence-electron chi connectivity index (χ2n) is 16.1. The Bertz CT molecular complexity index is 3400. The van der Waals surface area contributed by atoms with Crippen LogP contribution in [0.4, 0.5) is 0 Å². The van der Waals surface area contributed by atoms with E-state index in [1.807, 2.05) is 0 Å². The number of rotatable bonds is 4. The second kappa shape index (κ2) is 11.9. The Balaban J connectivity index is 1.27. The Morgan fingerprint density at radius 3 is 1.81 bits per heavy atom. The van der Waals surface area contributed by atoms with Gasteiger partial charge in [-0.25, -0.2) is 0 Å². The third-order valence-corrected chi connectivity index (χ3v) is 12.7. The molecule has 1 aliphatic carbocycles. The second-order valence-corrected chi connectivity index (χ2v) is 16.1. The van der Waals surface area contributed by atoms with Crippen LogP contribution in [0, 0.1) is 0 Å². The highest BCUT2D eigenvalue weighted by Crippen LogP contribution is 2.52. The zero-order valence-electron chi connectivity index (χ0n) is 31.9. The Kier molecular flexibility index (Phi) is 6.72. The van der Waals surface area contributed by atoms with Crippen molar-refractivity contribution in [2.45, 2.75) is 19.3 Å². The van der Waals surface area contributed by atoms with Crippen molar-refractivity contribution in [1.82, 2.24) is 9.13 Å². The number of para-hydroxylation sites is 2. The van der Waals surface area contributed by atoms with Crippen LogP contribution in [0.3, 0.4) is 0 Å². The minimum atomic E-state index is -0.0601. The van der Waals surface area contributed by atoms with E-state index in [1.54, 1.807) is 0 Å². The molecule has 11 aromatic rings. The minimum Gasteiger partial charge on any atom is -0.307 e. The van der Waals surface area contributed by atoms with Gasteiger partial charge in [-0.1, -0.05) is 166 Å². The van der Waals surface area contributed by atoms with Crippen LogP contribution in [-0.4, -0.2) is 9.13 Å². The van der Waals surface area contributed by atoms with Gasteiger partial charge in [0.1, 0.15) is 0 Å². The lowest BCUT2D eigenvalue weighted by Gasteiger charge is -2.21. The van der Waals surface area contributed by atoms with Crippen LogP contribution in [0.2, 0.25) is 0 Å². The monoisotopic (exact) mass is 726 g/mol. The molecule has 0 bridgehead atoms. The first kappa shape index (κ1) is 32.1. The topological polar surface area (TPSA) is 9.86 Å². The van der Waals surface area contributed by atoms with Gasteiger partial charge >= 0.3 is 0 Å². The summed E-state index contributed by atoms with van der Waals surface area (Å²) in [6.45, 7) is 4.73. The molecule has 0 saturated carbocycles. The third kappa shape index (κ3) is 4.53. The van der Waals surface area contributed by atoms with Gasteiger partial charge in [0.05, 0.1) is 22.1 Å². The van der Waals surface area contributed by atoms with E-state index < -0.39 is 0 Å². The van der Waals surface area contributed by atoms with Gasteiger partial charge in [-0.3, -0.25) is 0 Å². The van der Waals surface area contributed by atoms with Gasteiger partial charge in [0, 0.05) is 43.7 Å². The zero-order valence-corrected chi connectivity index (χ0v) is 31.9. The number of benzene rings is 9. The molecule has 12 rings (SSSR count). The fraction of sp³-hybridized carbons (Fsp3) is 0.0545. The van der Waals surface area contributed by atoms with Gasteiger partial charge in [0.15, 0.2) is 0 Å². The molecule has 9 aromatic carbocycles. The molecule has 0 atom stereocenters. The van der Waals surface area contributed by atoms with Crippen molar-refractivity contribution in [1.29, 1.82) is 0 Å². The first-order valence-electron chi connectivity index (χ1n) is 19.9. The predicted octanol–water partition coefficient (Wildman–Crippen LogP) is 14.7. The van der Waals surface area contributed by atoms with Crippen LogP contribution in [0.5, 0.6) is 0 Å².